The van der Waals surface area contributed by atoms with Gasteiger partial charge in [-0.05, 0) is 12.1 Å². The molecule has 0 unspecified atom stereocenters. The zero-order valence-electron chi connectivity index (χ0n) is 10.3. The number of carbonyl (C=O) groups is 1. The third-order valence-electron chi connectivity index (χ3n) is 3.35. The number of hydrogen-bond donors (Lipinski definition) is 0. The average Bonchev–Trinajstić information content (AvgIpc) is 3.01. The highest BCUT2D eigenvalue weighted by atomic mass is 79.9. The lowest BCUT2D eigenvalue weighted by molar-refractivity contribution is 0.104. The zero-order valence-corrected chi connectivity index (χ0v) is 12.7. The number of thiazole rings is 1. The highest BCUT2D eigenvalue weighted by Gasteiger charge is 2.30. The van der Waals surface area contributed by atoms with E-state index in [0.29, 0.717) is 0 Å². The minimum Gasteiger partial charge on any atom is -0.288 e. The van der Waals surface area contributed by atoms with Gasteiger partial charge >= 0.3 is 0 Å². The van der Waals surface area contributed by atoms with Crippen molar-refractivity contribution >= 4 is 33.0 Å². The quantitative estimate of drug-likeness (QED) is 0.498. The summed E-state index contributed by atoms with van der Waals surface area (Å²) in [5.41, 5.74) is 3.59. The first-order valence-corrected chi connectivity index (χ1v) is 7.76. The Bertz CT molecular complexity index is 836. The molecule has 0 fully saturated rings. The lowest BCUT2D eigenvalue weighted by Crippen LogP contribution is -1.91. The summed E-state index contributed by atoms with van der Waals surface area (Å²) in [5.74, 6) is 0.0939. The van der Waals surface area contributed by atoms with Gasteiger partial charge in [-0.15, -0.1) is 11.3 Å². The summed E-state index contributed by atoms with van der Waals surface area (Å²) >= 11 is 4.89. The second-order valence-electron chi connectivity index (χ2n) is 4.58. The van der Waals surface area contributed by atoms with Gasteiger partial charge in [0.2, 0.25) is 5.78 Å². The van der Waals surface area contributed by atoms with E-state index in [-0.39, 0.29) is 5.78 Å². The van der Waals surface area contributed by atoms with Gasteiger partial charge in [0.05, 0.1) is 5.69 Å². The predicted octanol–water partition coefficient (Wildman–Crippen LogP) is 4.78. The monoisotopic (exact) mass is 341 g/mol. The van der Waals surface area contributed by atoms with Crippen molar-refractivity contribution in [3.63, 3.8) is 0 Å². The Kier molecular flexibility index (Phi) is 2.62. The summed E-state index contributed by atoms with van der Waals surface area (Å²) in [4.78, 5) is 17.8. The molecule has 3 aromatic rings. The molecule has 4 rings (SSSR count). The molecular formula is C16H8BrNOS. The number of carbonyl (C=O) groups excluding carboxylic acids is 1. The maximum atomic E-state index is 12.3. The SMILES string of the molecule is O=C1c2ccccc2-c2nc(-c3ccc(Br)cc3)sc21. The number of hydrogen-bond acceptors (Lipinski definition) is 3. The van der Waals surface area contributed by atoms with Gasteiger partial charge in [-0.25, -0.2) is 4.98 Å². The van der Waals surface area contributed by atoms with Crippen molar-refractivity contribution in [1.29, 1.82) is 0 Å². The Labute approximate surface area is 128 Å². The Hall–Kier alpha value is -1.78. The molecule has 0 radical (unpaired) electrons. The van der Waals surface area contributed by atoms with Crippen molar-refractivity contribution in [2.24, 2.45) is 0 Å². The third-order valence-corrected chi connectivity index (χ3v) is 4.98. The van der Waals surface area contributed by atoms with E-state index in [1.54, 1.807) is 0 Å². The van der Waals surface area contributed by atoms with Gasteiger partial charge in [0.1, 0.15) is 9.88 Å². The van der Waals surface area contributed by atoms with Crippen LogP contribution in [0.1, 0.15) is 15.2 Å². The average molecular weight is 342 g/mol. The molecule has 1 aliphatic carbocycles. The van der Waals surface area contributed by atoms with E-state index in [1.807, 2.05) is 48.5 Å². The fourth-order valence-electron chi connectivity index (χ4n) is 2.38. The van der Waals surface area contributed by atoms with Gasteiger partial charge in [-0.1, -0.05) is 52.3 Å². The summed E-state index contributed by atoms with van der Waals surface area (Å²) in [5, 5.41) is 0.894. The van der Waals surface area contributed by atoms with Gasteiger partial charge in [0.15, 0.2) is 0 Å². The lowest BCUT2D eigenvalue weighted by atomic mass is 10.1. The van der Waals surface area contributed by atoms with E-state index in [1.165, 1.54) is 11.3 Å². The van der Waals surface area contributed by atoms with Gasteiger partial charge in [-0.2, -0.15) is 0 Å². The van der Waals surface area contributed by atoms with E-state index in [4.69, 9.17) is 0 Å². The molecule has 0 N–H and O–H groups in total. The molecule has 0 saturated heterocycles. The smallest absolute Gasteiger partial charge is 0.205 e. The van der Waals surface area contributed by atoms with Crippen LogP contribution >= 0.6 is 27.3 Å². The van der Waals surface area contributed by atoms with Crippen LogP contribution in [0.15, 0.2) is 53.0 Å². The highest BCUT2D eigenvalue weighted by molar-refractivity contribution is 9.10. The van der Waals surface area contributed by atoms with Crippen LogP contribution in [-0.4, -0.2) is 10.8 Å². The number of halogens is 1. The van der Waals surface area contributed by atoms with Crippen molar-refractivity contribution in [3.05, 3.63) is 63.4 Å². The van der Waals surface area contributed by atoms with Crippen LogP contribution in [0.2, 0.25) is 0 Å². The largest absolute Gasteiger partial charge is 0.288 e. The molecule has 1 aromatic heterocycles. The van der Waals surface area contributed by atoms with E-state index < -0.39 is 0 Å². The van der Waals surface area contributed by atoms with Crippen LogP contribution in [-0.2, 0) is 0 Å². The predicted molar refractivity (Wildman–Crippen MR) is 84.1 cm³/mol. The molecule has 0 spiro atoms. The fraction of sp³-hybridized carbons (Fsp3) is 0. The highest BCUT2D eigenvalue weighted by Crippen LogP contribution is 2.41. The Morgan fingerprint density at radius 2 is 1.65 bits per heavy atom. The molecule has 4 heteroatoms. The van der Waals surface area contributed by atoms with Crippen molar-refractivity contribution in [2.45, 2.75) is 0 Å². The zero-order chi connectivity index (χ0) is 13.7. The molecule has 1 aliphatic rings. The van der Waals surface area contributed by atoms with E-state index >= 15 is 0 Å². The lowest BCUT2D eigenvalue weighted by Gasteiger charge is -1.98. The summed E-state index contributed by atoms with van der Waals surface area (Å²) < 4.78 is 1.03. The maximum Gasteiger partial charge on any atom is 0.205 e. The van der Waals surface area contributed by atoms with Crippen molar-refractivity contribution < 1.29 is 4.79 Å². The maximum absolute atomic E-state index is 12.3. The topological polar surface area (TPSA) is 30.0 Å². The number of rotatable bonds is 1. The van der Waals surface area contributed by atoms with Crippen LogP contribution in [0.3, 0.4) is 0 Å². The van der Waals surface area contributed by atoms with Crippen molar-refractivity contribution in [1.82, 2.24) is 4.98 Å². The van der Waals surface area contributed by atoms with Crippen molar-refractivity contribution in [3.8, 4) is 21.8 Å². The number of aromatic nitrogens is 1. The van der Waals surface area contributed by atoms with Crippen LogP contribution in [0.4, 0.5) is 0 Å². The first-order chi connectivity index (χ1) is 9.74. The van der Waals surface area contributed by atoms with Gasteiger partial charge < -0.3 is 0 Å². The number of nitrogens with zero attached hydrogens (tertiary/aromatic N) is 1. The molecule has 0 saturated carbocycles. The normalized spacial score (nSPS) is 12.3. The second kappa shape index (κ2) is 4.36. The van der Waals surface area contributed by atoms with Gasteiger partial charge in [-0.3, -0.25) is 4.79 Å². The molecule has 2 aromatic carbocycles. The minimum absolute atomic E-state index is 0.0939. The number of benzene rings is 2. The molecule has 0 aliphatic heterocycles. The number of fused-ring (bicyclic) bond motifs is 3. The van der Waals surface area contributed by atoms with Crippen LogP contribution in [0.25, 0.3) is 21.8 Å². The minimum atomic E-state index is 0.0939. The Balaban J connectivity index is 1.88. The van der Waals surface area contributed by atoms with Crippen molar-refractivity contribution in [2.75, 3.05) is 0 Å². The Morgan fingerprint density at radius 1 is 0.950 bits per heavy atom. The third kappa shape index (κ3) is 1.69. The first kappa shape index (κ1) is 12.0. The first-order valence-electron chi connectivity index (χ1n) is 6.15. The van der Waals surface area contributed by atoms with E-state index in [0.717, 1.165) is 36.7 Å². The number of ketones is 1. The van der Waals surface area contributed by atoms with Gasteiger partial charge in [0.25, 0.3) is 0 Å². The van der Waals surface area contributed by atoms with Crippen LogP contribution < -0.4 is 0 Å². The standard InChI is InChI=1S/C16H8BrNOS/c17-10-7-5-9(6-8-10)16-18-13-11-3-1-2-4-12(11)14(19)15(13)20-16/h1-8H. The molecule has 96 valence electrons. The van der Waals surface area contributed by atoms with E-state index in [2.05, 4.69) is 20.9 Å². The summed E-state index contributed by atoms with van der Waals surface area (Å²) in [6.07, 6.45) is 0. The van der Waals surface area contributed by atoms with Crippen LogP contribution in [0.5, 0.6) is 0 Å². The molecule has 0 amide bonds. The molecule has 0 atom stereocenters. The summed E-state index contributed by atoms with van der Waals surface area (Å²) in [6.45, 7) is 0. The second-order valence-corrected chi connectivity index (χ2v) is 6.49. The molecular weight excluding hydrogens is 334 g/mol. The molecule has 1 heterocycles. The molecule has 2 nitrogen and oxygen atoms in total. The summed E-state index contributed by atoms with van der Waals surface area (Å²) in [7, 11) is 0. The molecule has 0 bridgehead atoms. The summed E-state index contributed by atoms with van der Waals surface area (Å²) in [6, 6.07) is 15.6. The Morgan fingerprint density at radius 3 is 2.40 bits per heavy atom. The fourth-order valence-corrected chi connectivity index (χ4v) is 3.69. The molecule has 20 heavy (non-hydrogen) atoms. The van der Waals surface area contributed by atoms with Crippen LogP contribution in [0, 0.1) is 0 Å². The van der Waals surface area contributed by atoms with E-state index in [9.17, 15) is 4.79 Å². The van der Waals surface area contributed by atoms with Gasteiger partial charge in [0, 0.05) is 21.2 Å².